The lowest BCUT2D eigenvalue weighted by Crippen LogP contribution is -2.08. The molecule has 0 atom stereocenters. The van der Waals surface area contributed by atoms with E-state index in [1.165, 1.54) is 0 Å². The molecule has 5 heteroatoms. The van der Waals surface area contributed by atoms with Crippen molar-refractivity contribution in [3.63, 3.8) is 0 Å². The Bertz CT molecular complexity index is 578. The average Bonchev–Trinajstić information content (AvgIpc) is 2.97. The maximum atomic E-state index is 5.64. The highest BCUT2D eigenvalue weighted by Crippen LogP contribution is 2.36. The summed E-state index contributed by atoms with van der Waals surface area (Å²) in [6.07, 6.45) is 2.67. The van der Waals surface area contributed by atoms with Crippen LogP contribution in [0.4, 0.5) is 0 Å². The summed E-state index contributed by atoms with van der Waals surface area (Å²) in [5.74, 6) is 1.58. The van der Waals surface area contributed by atoms with Crippen molar-refractivity contribution in [2.45, 2.75) is 6.42 Å². The molecule has 0 saturated heterocycles. The molecule has 1 aromatic heterocycles. The molecule has 0 spiro atoms. The Morgan fingerprint density at radius 3 is 3.00 bits per heavy atom. The third kappa shape index (κ3) is 1.73. The molecule has 0 radical (unpaired) electrons. The van der Waals surface area contributed by atoms with E-state index in [0.717, 1.165) is 34.7 Å². The van der Waals surface area contributed by atoms with Crippen LogP contribution in [0.5, 0.6) is 11.5 Å². The number of ether oxygens (including phenoxy) is 2. The van der Waals surface area contributed by atoms with Gasteiger partial charge in [0.05, 0.1) is 6.20 Å². The maximum Gasteiger partial charge on any atom is 0.231 e. The van der Waals surface area contributed by atoms with Gasteiger partial charge in [-0.05, 0) is 24.2 Å². The second kappa shape index (κ2) is 4.34. The fourth-order valence-corrected chi connectivity index (χ4v) is 2.20. The number of aryl methyl sites for hydroxylation is 1. The fraction of sp³-hybridized carbons (Fsp3) is 0.308. The van der Waals surface area contributed by atoms with Gasteiger partial charge in [0, 0.05) is 24.7 Å². The van der Waals surface area contributed by atoms with Gasteiger partial charge in [-0.2, -0.15) is 5.10 Å². The van der Waals surface area contributed by atoms with E-state index in [4.69, 9.17) is 15.2 Å². The molecule has 0 fully saturated rings. The number of nitrogens with zero attached hydrogens (tertiary/aromatic N) is 2. The molecule has 2 aromatic rings. The first-order valence-electron chi connectivity index (χ1n) is 5.90. The second-order valence-electron chi connectivity index (χ2n) is 4.24. The summed E-state index contributed by atoms with van der Waals surface area (Å²) in [4.78, 5) is 0. The summed E-state index contributed by atoms with van der Waals surface area (Å²) in [7, 11) is 1.93. The molecule has 2 heterocycles. The fourth-order valence-electron chi connectivity index (χ4n) is 2.20. The van der Waals surface area contributed by atoms with Gasteiger partial charge < -0.3 is 15.2 Å². The molecule has 0 saturated carbocycles. The van der Waals surface area contributed by atoms with Crippen LogP contribution in [0.2, 0.25) is 0 Å². The van der Waals surface area contributed by atoms with E-state index >= 15 is 0 Å². The standard InChI is InChI=1S/C13H15N3O2/c1-16-11(4-5-14)10(7-15-16)9-2-3-12-13(6-9)18-8-17-12/h2-3,6-7H,4-5,8,14H2,1H3. The van der Waals surface area contributed by atoms with Crippen LogP contribution in [-0.4, -0.2) is 23.1 Å². The Morgan fingerprint density at radius 2 is 2.17 bits per heavy atom. The van der Waals surface area contributed by atoms with Gasteiger partial charge in [0.2, 0.25) is 6.79 Å². The Hall–Kier alpha value is -2.01. The van der Waals surface area contributed by atoms with Crippen molar-refractivity contribution in [1.29, 1.82) is 0 Å². The number of hydrogen-bond donors (Lipinski definition) is 1. The highest BCUT2D eigenvalue weighted by molar-refractivity contribution is 5.69. The third-order valence-corrected chi connectivity index (χ3v) is 3.13. The van der Waals surface area contributed by atoms with Crippen LogP contribution in [-0.2, 0) is 13.5 Å². The summed E-state index contributed by atoms with van der Waals surface area (Å²) >= 11 is 0. The van der Waals surface area contributed by atoms with Crippen molar-refractivity contribution >= 4 is 0 Å². The summed E-state index contributed by atoms with van der Waals surface area (Å²) < 4.78 is 12.6. The van der Waals surface area contributed by atoms with Gasteiger partial charge in [0.15, 0.2) is 11.5 Å². The van der Waals surface area contributed by atoms with Crippen molar-refractivity contribution < 1.29 is 9.47 Å². The van der Waals surface area contributed by atoms with Crippen LogP contribution in [0.3, 0.4) is 0 Å². The monoisotopic (exact) mass is 245 g/mol. The molecule has 2 N–H and O–H groups in total. The Labute approximate surface area is 105 Å². The number of aromatic nitrogens is 2. The zero-order valence-electron chi connectivity index (χ0n) is 10.2. The van der Waals surface area contributed by atoms with E-state index in [1.807, 2.05) is 36.1 Å². The highest BCUT2D eigenvalue weighted by Gasteiger charge is 2.16. The molecule has 0 bridgehead atoms. The number of nitrogens with two attached hydrogens (primary N) is 1. The van der Waals surface area contributed by atoms with Crippen molar-refractivity contribution in [2.75, 3.05) is 13.3 Å². The van der Waals surface area contributed by atoms with Crippen molar-refractivity contribution in [3.8, 4) is 22.6 Å². The Morgan fingerprint density at radius 1 is 1.33 bits per heavy atom. The van der Waals surface area contributed by atoms with Crippen LogP contribution < -0.4 is 15.2 Å². The molecule has 1 aliphatic heterocycles. The Balaban J connectivity index is 2.04. The zero-order chi connectivity index (χ0) is 12.5. The molecule has 1 aromatic carbocycles. The van der Waals surface area contributed by atoms with Gasteiger partial charge >= 0.3 is 0 Å². The molecule has 18 heavy (non-hydrogen) atoms. The SMILES string of the molecule is Cn1ncc(-c2ccc3c(c2)OCO3)c1CCN. The predicted molar refractivity (Wildman–Crippen MR) is 67.5 cm³/mol. The number of benzene rings is 1. The van der Waals surface area contributed by atoms with E-state index in [2.05, 4.69) is 5.10 Å². The minimum absolute atomic E-state index is 0.293. The van der Waals surface area contributed by atoms with Gasteiger partial charge in [-0.3, -0.25) is 4.68 Å². The van der Waals surface area contributed by atoms with E-state index in [1.54, 1.807) is 0 Å². The van der Waals surface area contributed by atoms with Gasteiger partial charge in [-0.1, -0.05) is 6.07 Å². The molecule has 0 aliphatic carbocycles. The number of hydrogen-bond acceptors (Lipinski definition) is 4. The largest absolute Gasteiger partial charge is 0.454 e. The van der Waals surface area contributed by atoms with Crippen molar-refractivity contribution in [3.05, 3.63) is 30.1 Å². The van der Waals surface area contributed by atoms with E-state index in [0.29, 0.717) is 13.3 Å². The molecule has 3 rings (SSSR count). The van der Waals surface area contributed by atoms with Crippen LogP contribution in [0.15, 0.2) is 24.4 Å². The first-order chi connectivity index (χ1) is 8.79. The van der Waals surface area contributed by atoms with Gasteiger partial charge in [-0.25, -0.2) is 0 Å². The predicted octanol–water partition coefficient (Wildman–Crippen LogP) is 1.32. The molecule has 94 valence electrons. The average molecular weight is 245 g/mol. The van der Waals surface area contributed by atoms with Gasteiger partial charge in [0.25, 0.3) is 0 Å². The summed E-state index contributed by atoms with van der Waals surface area (Å²) in [5.41, 5.74) is 8.95. The quantitative estimate of drug-likeness (QED) is 0.885. The summed E-state index contributed by atoms with van der Waals surface area (Å²) in [6, 6.07) is 5.93. The van der Waals surface area contributed by atoms with Crippen LogP contribution in [0.25, 0.3) is 11.1 Å². The van der Waals surface area contributed by atoms with E-state index in [9.17, 15) is 0 Å². The highest BCUT2D eigenvalue weighted by atomic mass is 16.7. The normalized spacial score (nSPS) is 13.0. The molecule has 0 unspecified atom stereocenters. The number of rotatable bonds is 3. The maximum absolute atomic E-state index is 5.64. The zero-order valence-corrected chi connectivity index (χ0v) is 10.2. The minimum atomic E-state index is 0.293. The molecule has 5 nitrogen and oxygen atoms in total. The number of fused-ring (bicyclic) bond motifs is 1. The first-order valence-corrected chi connectivity index (χ1v) is 5.90. The van der Waals surface area contributed by atoms with Gasteiger partial charge in [0.1, 0.15) is 0 Å². The smallest absolute Gasteiger partial charge is 0.231 e. The van der Waals surface area contributed by atoms with E-state index in [-0.39, 0.29) is 0 Å². The molecular formula is C13H15N3O2. The van der Waals surface area contributed by atoms with Crippen LogP contribution >= 0.6 is 0 Å². The Kier molecular flexibility index (Phi) is 2.68. The lowest BCUT2D eigenvalue weighted by molar-refractivity contribution is 0.174. The third-order valence-electron chi connectivity index (χ3n) is 3.13. The van der Waals surface area contributed by atoms with Crippen molar-refractivity contribution in [2.24, 2.45) is 12.8 Å². The first kappa shape index (κ1) is 11.1. The molecular weight excluding hydrogens is 230 g/mol. The minimum Gasteiger partial charge on any atom is -0.454 e. The summed E-state index contributed by atoms with van der Waals surface area (Å²) in [6.45, 7) is 0.901. The van der Waals surface area contributed by atoms with Crippen molar-refractivity contribution in [1.82, 2.24) is 9.78 Å². The molecule has 0 amide bonds. The lowest BCUT2D eigenvalue weighted by Gasteiger charge is -2.06. The second-order valence-corrected chi connectivity index (χ2v) is 4.24. The van der Waals surface area contributed by atoms with Crippen LogP contribution in [0, 0.1) is 0 Å². The van der Waals surface area contributed by atoms with Gasteiger partial charge in [-0.15, -0.1) is 0 Å². The molecule has 1 aliphatic rings. The lowest BCUT2D eigenvalue weighted by atomic mass is 10.0. The van der Waals surface area contributed by atoms with E-state index < -0.39 is 0 Å². The topological polar surface area (TPSA) is 62.3 Å². The summed E-state index contributed by atoms with van der Waals surface area (Å²) in [5, 5.41) is 4.29. The van der Waals surface area contributed by atoms with Crippen LogP contribution in [0.1, 0.15) is 5.69 Å².